The highest BCUT2D eigenvalue weighted by molar-refractivity contribution is 7.88. The molecule has 1 spiro atoms. The first-order valence-corrected chi connectivity index (χ1v) is 8.87. The highest BCUT2D eigenvalue weighted by atomic mass is 32.2. The van der Waals surface area contributed by atoms with E-state index in [9.17, 15) is 13.2 Å². The molecule has 1 N–H and O–H groups in total. The van der Waals surface area contributed by atoms with E-state index >= 15 is 0 Å². The van der Waals surface area contributed by atoms with Crippen molar-refractivity contribution in [3.05, 3.63) is 35.4 Å². The van der Waals surface area contributed by atoms with Gasteiger partial charge in [-0.1, -0.05) is 29.8 Å². The Hall–Kier alpha value is -1.44. The van der Waals surface area contributed by atoms with Crippen LogP contribution in [0.4, 0.5) is 0 Å². The summed E-state index contributed by atoms with van der Waals surface area (Å²) in [4.78, 5) is 14.5. The maximum atomic E-state index is 12.3. The van der Waals surface area contributed by atoms with Gasteiger partial charge in [-0.15, -0.1) is 0 Å². The van der Waals surface area contributed by atoms with Crippen LogP contribution >= 0.6 is 0 Å². The molecule has 22 heavy (non-hydrogen) atoms. The van der Waals surface area contributed by atoms with Gasteiger partial charge in [-0.25, -0.2) is 4.31 Å². The van der Waals surface area contributed by atoms with E-state index in [1.165, 1.54) is 18.2 Å². The molecule has 0 saturated carbocycles. The van der Waals surface area contributed by atoms with Crippen LogP contribution in [0.2, 0.25) is 0 Å². The second-order valence-corrected chi connectivity index (χ2v) is 7.93. The summed E-state index contributed by atoms with van der Waals surface area (Å²) in [6.07, 6.45) is 1.03. The fourth-order valence-electron chi connectivity index (χ4n) is 3.13. The van der Waals surface area contributed by atoms with Gasteiger partial charge in [0.2, 0.25) is 0 Å². The molecule has 7 heteroatoms. The van der Waals surface area contributed by atoms with Crippen molar-refractivity contribution >= 4 is 16.1 Å². The lowest BCUT2D eigenvalue weighted by Crippen LogP contribution is -2.54. The van der Waals surface area contributed by atoms with Crippen LogP contribution in [0.15, 0.2) is 24.3 Å². The van der Waals surface area contributed by atoms with E-state index in [0.29, 0.717) is 25.9 Å². The zero-order valence-corrected chi connectivity index (χ0v) is 13.7. The molecule has 1 amide bonds. The van der Waals surface area contributed by atoms with E-state index in [2.05, 4.69) is 40.8 Å². The lowest BCUT2D eigenvalue weighted by atomic mass is 9.87. The standard InChI is InChI=1S/C15H21N3O3S/c1-12-3-5-13(6-4-12)11-18-9-7-15(8-10-18)14(19)17(2)22(20,21)16-15/h3-6,16H,7-11H2,1-2H3. The molecule has 0 aliphatic carbocycles. The fraction of sp³-hybridized carbons (Fsp3) is 0.533. The van der Waals surface area contributed by atoms with Gasteiger partial charge in [-0.05, 0) is 25.3 Å². The molecule has 6 nitrogen and oxygen atoms in total. The molecular formula is C15H21N3O3S. The van der Waals surface area contributed by atoms with Gasteiger partial charge >= 0.3 is 10.2 Å². The van der Waals surface area contributed by atoms with E-state index in [1.54, 1.807) is 0 Å². The fourth-order valence-corrected chi connectivity index (χ4v) is 4.45. The molecule has 120 valence electrons. The summed E-state index contributed by atoms with van der Waals surface area (Å²) in [5.41, 5.74) is 1.53. The number of hydrogen-bond acceptors (Lipinski definition) is 4. The Bertz CT molecular complexity index is 676. The van der Waals surface area contributed by atoms with Crippen LogP contribution in [0.25, 0.3) is 0 Å². The lowest BCUT2D eigenvalue weighted by molar-refractivity contribution is -0.131. The molecule has 0 unspecified atom stereocenters. The van der Waals surface area contributed by atoms with Gasteiger partial charge in [0.1, 0.15) is 5.54 Å². The maximum Gasteiger partial charge on any atom is 0.304 e. The summed E-state index contributed by atoms with van der Waals surface area (Å²) in [6, 6.07) is 8.39. The third-order valence-corrected chi connectivity index (χ3v) is 6.15. The summed E-state index contributed by atoms with van der Waals surface area (Å²) in [6.45, 7) is 4.29. The summed E-state index contributed by atoms with van der Waals surface area (Å²) >= 11 is 0. The number of amides is 1. The van der Waals surface area contributed by atoms with Gasteiger partial charge in [0, 0.05) is 26.7 Å². The van der Waals surface area contributed by atoms with E-state index in [4.69, 9.17) is 0 Å². The SMILES string of the molecule is Cc1ccc(CN2CCC3(CC2)NS(=O)(=O)N(C)C3=O)cc1. The normalized spacial score (nSPS) is 24.1. The predicted molar refractivity (Wildman–Crippen MR) is 83.2 cm³/mol. The molecule has 0 bridgehead atoms. The quantitative estimate of drug-likeness (QED) is 0.867. The van der Waals surface area contributed by atoms with Gasteiger partial charge < -0.3 is 0 Å². The monoisotopic (exact) mass is 323 g/mol. The molecule has 0 radical (unpaired) electrons. The number of piperidine rings is 1. The van der Waals surface area contributed by atoms with Gasteiger partial charge in [-0.3, -0.25) is 9.69 Å². The summed E-state index contributed by atoms with van der Waals surface area (Å²) in [7, 11) is -2.33. The lowest BCUT2D eigenvalue weighted by Gasteiger charge is -2.36. The number of nitrogens with zero attached hydrogens (tertiary/aromatic N) is 2. The molecular weight excluding hydrogens is 302 g/mol. The minimum atomic E-state index is -3.65. The topological polar surface area (TPSA) is 69.7 Å². The Balaban J connectivity index is 1.66. The number of nitrogens with one attached hydrogen (secondary N) is 1. The van der Waals surface area contributed by atoms with Crippen molar-refractivity contribution < 1.29 is 13.2 Å². The summed E-state index contributed by atoms with van der Waals surface area (Å²) < 4.78 is 27.1. The van der Waals surface area contributed by atoms with Crippen molar-refractivity contribution in [2.24, 2.45) is 0 Å². The zero-order chi connectivity index (χ0) is 16.0. The predicted octanol–water partition coefficient (Wildman–Crippen LogP) is 0.636. The zero-order valence-electron chi connectivity index (χ0n) is 12.9. The van der Waals surface area contributed by atoms with Crippen LogP contribution in [-0.4, -0.2) is 49.2 Å². The number of benzene rings is 1. The number of aryl methyl sites for hydroxylation is 1. The van der Waals surface area contributed by atoms with Crippen LogP contribution in [-0.2, 0) is 21.5 Å². The molecule has 1 aromatic rings. The number of carbonyl (C=O) groups excluding carboxylic acids is 1. The van der Waals surface area contributed by atoms with Gasteiger partial charge in [0.05, 0.1) is 0 Å². The second-order valence-electron chi connectivity index (χ2n) is 6.22. The average molecular weight is 323 g/mol. The Labute approximate surface area is 131 Å². The first kappa shape index (κ1) is 15.5. The Morgan fingerprint density at radius 2 is 1.77 bits per heavy atom. The van der Waals surface area contributed by atoms with E-state index in [-0.39, 0.29) is 5.91 Å². The third kappa shape index (κ3) is 2.64. The average Bonchev–Trinajstić information content (AvgIpc) is 2.65. The minimum Gasteiger partial charge on any atom is -0.299 e. The molecule has 3 rings (SSSR count). The smallest absolute Gasteiger partial charge is 0.299 e. The third-order valence-electron chi connectivity index (χ3n) is 4.62. The summed E-state index contributed by atoms with van der Waals surface area (Å²) in [5, 5.41) is 0. The van der Waals surface area contributed by atoms with Crippen molar-refractivity contribution in [2.45, 2.75) is 31.8 Å². The highest BCUT2D eigenvalue weighted by Crippen LogP contribution is 2.31. The first-order valence-electron chi connectivity index (χ1n) is 7.43. The number of carbonyl (C=O) groups is 1. The molecule has 2 aliphatic heterocycles. The van der Waals surface area contributed by atoms with Gasteiger partial charge in [0.25, 0.3) is 5.91 Å². The maximum absolute atomic E-state index is 12.3. The molecule has 2 fully saturated rings. The number of likely N-dealkylation sites (tertiary alicyclic amines) is 1. The van der Waals surface area contributed by atoms with Gasteiger partial charge in [0.15, 0.2) is 0 Å². The highest BCUT2D eigenvalue weighted by Gasteiger charge is 2.54. The van der Waals surface area contributed by atoms with Crippen molar-refractivity contribution in [1.29, 1.82) is 0 Å². The molecule has 2 heterocycles. The Kier molecular flexibility index (Phi) is 3.74. The molecule has 2 saturated heterocycles. The largest absolute Gasteiger partial charge is 0.304 e. The van der Waals surface area contributed by atoms with E-state index < -0.39 is 15.7 Å². The Morgan fingerprint density at radius 3 is 2.27 bits per heavy atom. The van der Waals surface area contributed by atoms with Crippen LogP contribution < -0.4 is 4.72 Å². The molecule has 1 aromatic carbocycles. The van der Waals surface area contributed by atoms with Crippen molar-refractivity contribution in [1.82, 2.24) is 13.9 Å². The van der Waals surface area contributed by atoms with Gasteiger partial charge in [-0.2, -0.15) is 13.1 Å². The van der Waals surface area contributed by atoms with E-state index in [0.717, 1.165) is 10.8 Å². The minimum absolute atomic E-state index is 0.331. The van der Waals surface area contributed by atoms with Crippen molar-refractivity contribution in [2.75, 3.05) is 20.1 Å². The molecule has 2 aliphatic rings. The number of hydrogen-bond donors (Lipinski definition) is 1. The van der Waals surface area contributed by atoms with Crippen LogP contribution in [0.3, 0.4) is 0 Å². The number of rotatable bonds is 2. The van der Waals surface area contributed by atoms with Crippen LogP contribution in [0, 0.1) is 6.92 Å². The molecule has 0 atom stereocenters. The number of likely N-dealkylation sites (N-methyl/N-ethyl adjacent to an activating group) is 1. The second kappa shape index (κ2) is 5.33. The Morgan fingerprint density at radius 1 is 1.18 bits per heavy atom. The van der Waals surface area contributed by atoms with E-state index in [1.807, 2.05) is 0 Å². The van der Waals surface area contributed by atoms with Crippen LogP contribution in [0.1, 0.15) is 24.0 Å². The van der Waals surface area contributed by atoms with Crippen LogP contribution in [0.5, 0.6) is 0 Å². The summed E-state index contributed by atoms with van der Waals surface area (Å²) in [5.74, 6) is -0.331. The van der Waals surface area contributed by atoms with Crippen molar-refractivity contribution in [3.63, 3.8) is 0 Å². The van der Waals surface area contributed by atoms with Crippen molar-refractivity contribution in [3.8, 4) is 0 Å². The first-order chi connectivity index (χ1) is 10.3. The molecule has 0 aromatic heterocycles.